The number of rotatable bonds is 3. The van der Waals surface area contributed by atoms with E-state index in [1.807, 2.05) is 4.98 Å². The number of carboxylic acids is 1. The average molecular weight is 251 g/mol. The summed E-state index contributed by atoms with van der Waals surface area (Å²) >= 11 is 0. The topological polar surface area (TPSA) is 79.4 Å². The molecule has 1 rings (SSSR count). The van der Waals surface area contributed by atoms with E-state index in [-0.39, 0.29) is 11.1 Å². The number of H-pyrrole nitrogens is 1. The highest BCUT2D eigenvalue weighted by molar-refractivity contribution is 5.70. The van der Waals surface area contributed by atoms with Gasteiger partial charge in [-0.25, -0.2) is 0 Å². The van der Waals surface area contributed by atoms with Gasteiger partial charge < -0.3 is 9.84 Å². The Kier molecular flexibility index (Phi) is 3.45. The number of carboxylic acid groups (broad SMARTS) is 1. The van der Waals surface area contributed by atoms with Crippen LogP contribution in [0.5, 0.6) is 5.88 Å². The molecule has 0 saturated carbocycles. The first-order valence-electron chi connectivity index (χ1n) is 4.39. The van der Waals surface area contributed by atoms with Crippen LogP contribution in [0.15, 0.2) is 10.9 Å². The molecule has 5 nitrogen and oxygen atoms in total. The highest BCUT2D eigenvalue weighted by Gasteiger charge is 2.31. The van der Waals surface area contributed by atoms with Crippen molar-refractivity contribution in [2.75, 3.05) is 0 Å². The van der Waals surface area contributed by atoms with Gasteiger partial charge in [-0.05, 0) is 12.5 Å². The molecule has 0 fully saturated rings. The van der Waals surface area contributed by atoms with Gasteiger partial charge in [-0.15, -0.1) is 13.2 Å². The summed E-state index contributed by atoms with van der Waals surface area (Å²) in [7, 11) is 0. The second-order valence-electron chi connectivity index (χ2n) is 3.24. The van der Waals surface area contributed by atoms with Crippen LogP contribution in [-0.4, -0.2) is 22.4 Å². The normalized spacial score (nSPS) is 11.3. The largest absolute Gasteiger partial charge is 0.574 e. The molecule has 17 heavy (non-hydrogen) atoms. The smallest absolute Gasteiger partial charge is 0.481 e. The van der Waals surface area contributed by atoms with E-state index in [1.165, 1.54) is 6.92 Å². The molecular formula is C9H8F3NO4. The molecule has 1 aromatic rings. The summed E-state index contributed by atoms with van der Waals surface area (Å²) in [4.78, 5) is 23.6. The molecule has 8 heteroatoms. The van der Waals surface area contributed by atoms with E-state index >= 15 is 0 Å². The zero-order valence-corrected chi connectivity index (χ0v) is 8.59. The van der Waals surface area contributed by atoms with Crippen molar-refractivity contribution in [1.82, 2.24) is 4.98 Å². The van der Waals surface area contributed by atoms with Gasteiger partial charge >= 0.3 is 12.3 Å². The lowest BCUT2D eigenvalue weighted by molar-refractivity contribution is -0.276. The molecule has 0 atom stereocenters. The standard InChI is InChI=1S/C9H8F3NO4/c1-4-2-6(17-9(10,11)12)13-8(16)5(4)3-7(14)15/h2H,3H2,1H3,(H,13,16)(H,14,15). The molecule has 0 aliphatic heterocycles. The molecule has 0 aliphatic rings. The van der Waals surface area contributed by atoms with E-state index in [0.717, 1.165) is 6.07 Å². The van der Waals surface area contributed by atoms with Gasteiger partial charge in [-0.2, -0.15) is 0 Å². The van der Waals surface area contributed by atoms with Crippen molar-refractivity contribution in [2.45, 2.75) is 19.7 Å². The maximum Gasteiger partial charge on any atom is 0.574 e. The van der Waals surface area contributed by atoms with Crippen molar-refractivity contribution in [3.63, 3.8) is 0 Å². The molecule has 0 saturated heterocycles. The van der Waals surface area contributed by atoms with Crippen molar-refractivity contribution >= 4 is 5.97 Å². The van der Waals surface area contributed by atoms with Crippen LogP contribution < -0.4 is 10.3 Å². The molecule has 0 aromatic carbocycles. The minimum Gasteiger partial charge on any atom is -0.481 e. The van der Waals surface area contributed by atoms with Crippen molar-refractivity contribution in [3.8, 4) is 5.88 Å². The third-order valence-corrected chi connectivity index (χ3v) is 1.89. The van der Waals surface area contributed by atoms with Gasteiger partial charge in [0.25, 0.3) is 5.56 Å². The fourth-order valence-corrected chi connectivity index (χ4v) is 1.24. The molecule has 0 unspecified atom stereocenters. The van der Waals surface area contributed by atoms with Gasteiger partial charge in [0.2, 0.25) is 5.88 Å². The number of carbonyl (C=O) groups is 1. The van der Waals surface area contributed by atoms with Crippen LogP contribution in [0.4, 0.5) is 13.2 Å². The lowest BCUT2D eigenvalue weighted by atomic mass is 10.1. The number of hydrogen-bond donors (Lipinski definition) is 2. The van der Waals surface area contributed by atoms with Crippen molar-refractivity contribution in [1.29, 1.82) is 0 Å². The monoisotopic (exact) mass is 251 g/mol. The SMILES string of the molecule is Cc1cc(OC(F)(F)F)[nH]c(=O)c1CC(=O)O. The summed E-state index contributed by atoms with van der Waals surface area (Å²) in [5, 5.41) is 8.51. The Morgan fingerprint density at radius 2 is 2.12 bits per heavy atom. The minimum atomic E-state index is -4.91. The molecule has 1 heterocycles. The Labute approximate surface area is 92.8 Å². The van der Waals surface area contributed by atoms with Crippen LogP contribution in [0.3, 0.4) is 0 Å². The van der Waals surface area contributed by atoms with Crippen LogP contribution in [-0.2, 0) is 11.2 Å². The zero-order valence-electron chi connectivity index (χ0n) is 8.59. The number of aromatic nitrogens is 1. The first-order valence-corrected chi connectivity index (χ1v) is 4.39. The van der Waals surface area contributed by atoms with Crippen molar-refractivity contribution in [2.24, 2.45) is 0 Å². The number of pyridine rings is 1. The molecule has 0 radical (unpaired) electrons. The Morgan fingerprint density at radius 1 is 1.53 bits per heavy atom. The van der Waals surface area contributed by atoms with Gasteiger partial charge in [-0.1, -0.05) is 0 Å². The Hall–Kier alpha value is -1.99. The summed E-state index contributed by atoms with van der Waals surface area (Å²) in [5.41, 5.74) is -0.894. The number of aromatic amines is 1. The van der Waals surface area contributed by atoms with E-state index < -0.39 is 30.2 Å². The first kappa shape index (κ1) is 13.1. The number of ether oxygens (including phenoxy) is 1. The van der Waals surface area contributed by atoms with Gasteiger partial charge in [-0.3, -0.25) is 14.6 Å². The predicted molar refractivity (Wildman–Crippen MR) is 49.8 cm³/mol. The number of halogens is 3. The zero-order chi connectivity index (χ0) is 13.2. The molecule has 0 spiro atoms. The lowest BCUT2D eigenvalue weighted by Crippen LogP contribution is -2.23. The molecule has 0 aliphatic carbocycles. The van der Waals surface area contributed by atoms with Gasteiger partial charge in [0.1, 0.15) is 0 Å². The molecule has 94 valence electrons. The van der Waals surface area contributed by atoms with Crippen LogP contribution in [0.25, 0.3) is 0 Å². The molecular weight excluding hydrogens is 243 g/mol. The highest BCUT2D eigenvalue weighted by Crippen LogP contribution is 2.21. The number of hydrogen-bond acceptors (Lipinski definition) is 3. The van der Waals surface area contributed by atoms with Crippen LogP contribution >= 0.6 is 0 Å². The summed E-state index contributed by atoms with van der Waals surface area (Å²) in [5.74, 6) is -2.02. The molecule has 0 bridgehead atoms. The highest BCUT2D eigenvalue weighted by atomic mass is 19.4. The lowest BCUT2D eigenvalue weighted by Gasteiger charge is -2.10. The average Bonchev–Trinajstić information content (AvgIpc) is 2.08. The second-order valence-corrected chi connectivity index (χ2v) is 3.24. The van der Waals surface area contributed by atoms with E-state index in [1.54, 1.807) is 0 Å². The number of aryl methyl sites for hydroxylation is 1. The minimum absolute atomic E-state index is 0.105. The Bertz CT molecular complexity index is 492. The summed E-state index contributed by atoms with van der Waals surface area (Å²) < 4.78 is 39.2. The van der Waals surface area contributed by atoms with Crippen LogP contribution in [0.1, 0.15) is 11.1 Å². The summed E-state index contributed by atoms with van der Waals surface area (Å²) in [6.45, 7) is 1.33. The van der Waals surface area contributed by atoms with E-state index in [0.29, 0.717) is 0 Å². The Morgan fingerprint density at radius 3 is 2.53 bits per heavy atom. The number of alkyl halides is 3. The number of aliphatic carboxylic acids is 1. The summed E-state index contributed by atoms with van der Waals surface area (Å²) in [6.07, 6.45) is -5.48. The number of nitrogens with one attached hydrogen (secondary N) is 1. The third-order valence-electron chi connectivity index (χ3n) is 1.89. The fourth-order valence-electron chi connectivity index (χ4n) is 1.24. The van der Waals surface area contributed by atoms with Crippen LogP contribution in [0, 0.1) is 6.92 Å². The maximum atomic E-state index is 11.9. The van der Waals surface area contributed by atoms with Crippen molar-refractivity contribution < 1.29 is 27.8 Å². The van der Waals surface area contributed by atoms with E-state index in [2.05, 4.69) is 4.74 Å². The third kappa shape index (κ3) is 3.82. The van der Waals surface area contributed by atoms with Gasteiger partial charge in [0, 0.05) is 11.6 Å². The predicted octanol–water partition coefficient (Wildman–Crippen LogP) is 1.21. The Balaban J connectivity index is 3.10. The first-order chi connectivity index (χ1) is 7.69. The fraction of sp³-hybridized carbons (Fsp3) is 0.333. The van der Waals surface area contributed by atoms with Crippen LogP contribution in [0.2, 0.25) is 0 Å². The molecule has 1 aromatic heterocycles. The summed E-state index contributed by atoms with van der Waals surface area (Å²) in [6, 6.07) is 0.924. The molecule has 2 N–H and O–H groups in total. The van der Waals surface area contributed by atoms with Crippen molar-refractivity contribution in [3.05, 3.63) is 27.5 Å². The maximum absolute atomic E-state index is 11.9. The van der Waals surface area contributed by atoms with Gasteiger partial charge in [0.15, 0.2) is 0 Å². The van der Waals surface area contributed by atoms with E-state index in [9.17, 15) is 22.8 Å². The van der Waals surface area contributed by atoms with Gasteiger partial charge in [0.05, 0.1) is 6.42 Å². The molecule has 0 amide bonds. The quantitative estimate of drug-likeness (QED) is 0.846. The second kappa shape index (κ2) is 4.48. The van der Waals surface area contributed by atoms with E-state index in [4.69, 9.17) is 5.11 Å².